The molecule has 0 bridgehead atoms. The van der Waals surface area contributed by atoms with Gasteiger partial charge in [-0.1, -0.05) is 0 Å². The number of hydrogen-bond donors (Lipinski definition) is 1. The fourth-order valence-electron chi connectivity index (χ4n) is 1.63. The Kier molecular flexibility index (Phi) is 3.89. The Balaban J connectivity index is 2.20. The fourth-order valence-corrected chi connectivity index (χ4v) is 1.63. The molecule has 1 aromatic carbocycles. The highest BCUT2D eigenvalue weighted by atomic mass is 16.6. The third-order valence-corrected chi connectivity index (χ3v) is 2.56. The van der Waals surface area contributed by atoms with Crippen molar-refractivity contribution in [2.24, 2.45) is 7.05 Å². The maximum absolute atomic E-state index is 10.7. The van der Waals surface area contributed by atoms with Gasteiger partial charge in [-0.05, 0) is 18.2 Å². The molecule has 2 aromatic rings. The first kappa shape index (κ1) is 13.9. The van der Waals surface area contributed by atoms with Crippen LogP contribution in [0.3, 0.4) is 0 Å². The summed E-state index contributed by atoms with van der Waals surface area (Å²) in [5.74, 6) is 0.723. The zero-order valence-electron chi connectivity index (χ0n) is 10.9. The van der Waals surface area contributed by atoms with E-state index >= 15 is 0 Å². The quantitative estimate of drug-likeness (QED) is 0.634. The van der Waals surface area contributed by atoms with E-state index < -0.39 is 11.0 Å². The van der Waals surface area contributed by atoms with Gasteiger partial charge in [0.1, 0.15) is 5.75 Å². The molecular weight excluding hydrogens is 266 g/mol. The maximum atomic E-state index is 10.7. The molecule has 0 radical (unpaired) electrons. The van der Waals surface area contributed by atoms with E-state index in [1.54, 1.807) is 7.05 Å². The lowest BCUT2D eigenvalue weighted by atomic mass is 10.1. The highest BCUT2D eigenvalue weighted by Crippen LogP contribution is 2.29. The molecule has 0 aliphatic heterocycles. The highest BCUT2D eigenvalue weighted by molar-refractivity contribution is 5.44. The van der Waals surface area contributed by atoms with E-state index in [0.29, 0.717) is 17.1 Å². The number of aryl methyl sites for hydroxylation is 1. The molecule has 9 nitrogen and oxygen atoms in total. The van der Waals surface area contributed by atoms with Crippen LogP contribution in [0, 0.1) is 10.1 Å². The number of ether oxygens (including phenoxy) is 1. The summed E-state index contributed by atoms with van der Waals surface area (Å²) in [7, 11) is 1.63. The maximum Gasteiger partial charge on any atom is 0.270 e. The molecule has 0 aliphatic rings. The topological polar surface area (TPSA) is 116 Å². The number of rotatable bonds is 5. The van der Waals surface area contributed by atoms with Crippen LogP contribution < -0.4 is 4.74 Å². The number of nitro benzene ring substituents is 1. The van der Waals surface area contributed by atoms with Crippen molar-refractivity contribution in [3.05, 3.63) is 39.7 Å². The van der Waals surface area contributed by atoms with Crippen LogP contribution in [0.5, 0.6) is 5.75 Å². The Bertz CT molecular complexity index is 625. The van der Waals surface area contributed by atoms with Crippen LogP contribution in [0.2, 0.25) is 0 Å². The minimum atomic E-state index is -0.889. The average Bonchev–Trinajstić information content (AvgIpc) is 2.81. The van der Waals surface area contributed by atoms with Crippen molar-refractivity contribution in [3.8, 4) is 5.75 Å². The van der Waals surface area contributed by atoms with E-state index in [1.165, 1.54) is 29.9 Å². The summed E-state index contributed by atoms with van der Waals surface area (Å²) in [6, 6.07) is 4.03. The molecule has 1 N–H and O–H groups in total. The third kappa shape index (κ3) is 3.06. The summed E-state index contributed by atoms with van der Waals surface area (Å²) in [4.78, 5) is 11.5. The molecule has 1 aromatic heterocycles. The Morgan fingerprint density at radius 2 is 2.30 bits per heavy atom. The largest absolute Gasteiger partial charge is 0.485 e. The molecule has 106 valence electrons. The Labute approximate surface area is 113 Å². The number of non-ortho nitro benzene ring substituents is 1. The number of aromatic nitrogens is 4. The predicted octanol–water partition coefficient (Wildman–Crippen LogP) is 0.751. The Morgan fingerprint density at radius 3 is 2.85 bits per heavy atom. The smallest absolute Gasteiger partial charge is 0.270 e. The van der Waals surface area contributed by atoms with Crippen LogP contribution in [-0.2, 0) is 13.7 Å². The van der Waals surface area contributed by atoms with Gasteiger partial charge in [0.05, 0.1) is 18.1 Å². The molecular formula is C11H13N5O4. The van der Waals surface area contributed by atoms with E-state index in [-0.39, 0.29) is 12.3 Å². The molecule has 1 unspecified atom stereocenters. The molecule has 0 saturated carbocycles. The lowest BCUT2D eigenvalue weighted by molar-refractivity contribution is -0.385. The van der Waals surface area contributed by atoms with Crippen molar-refractivity contribution < 1.29 is 14.8 Å². The second-order valence-electron chi connectivity index (χ2n) is 4.14. The molecule has 0 spiro atoms. The molecule has 0 aliphatic carbocycles. The van der Waals surface area contributed by atoms with Crippen molar-refractivity contribution >= 4 is 5.69 Å². The molecule has 0 fully saturated rings. The first-order chi connectivity index (χ1) is 9.47. The molecule has 9 heteroatoms. The first-order valence-corrected chi connectivity index (χ1v) is 5.79. The highest BCUT2D eigenvalue weighted by Gasteiger charge is 2.16. The summed E-state index contributed by atoms with van der Waals surface area (Å²) in [6.07, 6.45) is -0.889. The first-order valence-electron chi connectivity index (χ1n) is 5.79. The second-order valence-corrected chi connectivity index (χ2v) is 4.14. The van der Waals surface area contributed by atoms with Crippen LogP contribution in [0.25, 0.3) is 0 Å². The monoisotopic (exact) mass is 279 g/mol. The van der Waals surface area contributed by atoms with Gasteiger partial charge in [-0.3, -0.25) is 10.1 Å². The minimum absolute atomic E-state index is 0.0609. The van der Waals surface area contributed by atoms with Crippen molar-refractivity contribution in [2.75, 3.05) is 0 Å². The van der Waals surface area contributed by atoms with Gasteiger partial charge < -0.3 is 9.84 Å². The van der Waals surface area contributed by atoms with Crippen molar-refractivity contribution in [1.29, 1.82) is 0 Å². The third-order valence-electron chi connectivity index (χ3n) is 2.56. The van der Waals surface area contributed by atoms with Crippen LogP contribution in [0.15, 0.2) is 18.2 Å². The number of hydrogen-bond acceptors (Lipinski definition) is 7. The lowest BCUT2D eigenvalue weighted by Gasteiger charge is -2.12. The van der Waals surface area contributed by atoms with Crippen LogP contribution in [0.1, 0.15) is 24.4 Å². The van der Waals surface area contributed by atoms with E-state index in [0.717, 1.165) is 0 Å². The van der Waals surface area contributed by atoms with E-state index in [2.05, 4.69) is 15.4 Å². The van der Waals surface area contributed by atoms with Gasteiger partial charge in [0.15, 0.2) is 6.61 Å². The summed E-state index contributed by atoms with van der Waals surface area (Å²) in [6.45, 7) is 1.57. The van der Waals surface area contributed by atoms with Gasteiger partial charge >= 0.3 is 0 Å². The van der Waals surface area contributed by atoms with E-state index in [9.17, 15) is 15.2 Å². The van der Waals surface area contributed by atoms with Crippen molar-refractivity contribution in [2.45, 2.75) is 19.6 Å². The normalized spacial score (nSPS) is 12.2. The van der Waals surface area contributed by atoms with Crippen molar-refractivity contribution in [1.82, 2.24) is 20.2 Å². The molecule has 20 heavy (non-hydrogen) atoms. The minimum Gasteiger partial charge on any atom is -0.485 e. The zero-order valence-corrected chi connectivity index (χ0v) is 10.9. The summed E-state index contributed by atoms with van der Waals surface area (Å²) in [5, 5.41) is 31.7. The van der Waals surface area contributed by atoms with Crippen LogP contribution in [0.4, 0.5) is 5.69 Å². The number of aliphatic hydroxyl groups excluding tert-OH is 1. The Morgan fingerprint density at radius 1 is 1.55 bits per heavy atom. The summed E-state index contributed by atoms with van der Waals surface area (Å²) in [5.41, 5.74) is 0.231. The second kappa shape index (κ2) is 5.61. The van der Waals surface area contributed by atoms with Crippen LogP contribution in [-0.4, -0.2) is 30.2 Å². The number of nitrogens with zero attached hydrogens (tertiary/aromatic N) is 5. The predicted molar refractivity (Wildman–Crippen MR) is 66.9 cm³/mol. The van der Waals surface area contributed by atoms with Crippen molar-refractivity contribution in [3.63, 3.8) is 0 Å². The van der Waals surface area contributed by atoms with E-state index in [4.69, 9.17) is 4.74 Å². The average molecular weight is 279 g/mol. The number of aliphatic hydroxyl groups is 1. The SMILES string of the molecule is CC(O)c1cc([N+](=O)[O-])ccc1OCc1nnn(C)n1. The molecule has 0 amide bonds. The fraction of sp³-hybridized carbons (Fsp3) is 0.364. The molecule has 1 atom stereocenters. The Hall–Kier alpha value is -2.55. The van der Waals surface area contributed by atoms with Gasteiger partial charge in [0, 0.05) is 17.7 Å². The number of nitro groups is 1. The van der Waals surface area contributed by atoms with Gasteiger partial charge in [0.2, 0.25) is 5.82 Å². The van der Waals surface area contributed by atoms with Gasteiger partial charge in [-0.25, -0.2) is 0 Å². The lowest BCUT2D eigenvalue weighted by Crippen LogP contribution is -2.03. The molecule has 0 saturated heterocycles. The standard InChI is InChI=1S/C11H13N5O4/c1-7(17)9-5-8(16(18)19)3-4-10(9)20-6-11-12-14-15(2)13-11/h3-5,7,17H,6H2,1-2H3. The van der Waals surface area contributed by atoms with Gasteiger partial charge in [-0.15, -0.1) is 10.2 Å². The number of benzene rings is 1. The van der Waals surface area contributed by atoms with Gasteiger partial charge in [-0.2, -0.15) is 4.80 Å². The van der Waals surface area contributed by atoms with E-state index in [1.807, 2.05) is 0 Å². The zero-order chi connectivity index (χ0) is 14.7. The molecule has 1 heterocycles. The number of tetrazole rings is 1. The molecule has 2 rings (SSSR count). The summed E-state index contributed by atoms with van der Waals surface area (Å²) < 4.78 is 5.47. The summed E-state index contributed by atoms with van der Waals surface area (Å²) >= 11 is 0. The van der Waals surface area contributed by atoms with Crippen LogP contribution >= 0.6 is 0 Å². The van der Waals surface area contributed by atoms with Gasteiger partial charge in [0.25, 0.3) is 5.69 Å².